The van der Waals surface area contributed by atoms with E-state index in [1.54, 1.807) is 12.1 Å². The molecule has 1 saturated carbocycles. The van der Waals surface area contributed by atoms with E-state index in [1.807, 2.05) is 10.6 Å². The first-order chi connectivity index (χ1) is 11.7. The van der Waals surface area contributed by atoms with Crippen LogP contribution in [0.15, 0.2) is 23.0 Å². The second-order valence-corrected chi connectivity index (χ2v) is 6.48. The van der Waals surface area contributed by atoms with Gasteiger partial charge in [0.25, 0.3) is 5.91 Å². The molecule has 1 aliphatic rings. The first kappa shape index (κ1) is 19.5. The van der Waals surface area contributed by atoms with Gasteiger partial charge in [-0.2, -0.15) is 0 Å². The summed E-state index contributed by atoms with van der Waals surface area (Å²) in [6.07, 6.45) is 5.54. The fourth-order valence-electron chi connectivity index (χ4n) is 3.47. The Balaban J connectivity index is 0.00000225. The van der Waals surface area contributed by atoms with Gasteiger partial charge < -0.3 is 15.6 Å². The van der Waals surface area contributed by atoms with E-state index in [4.69, 9.17) is 0 Å². The smallest absolute Gasteiger partial charge is 0.326 e. The first-order valence-electron chi connectivity index (χ1n) is 8.94. The summed E-state index contributed by atoms with van der Waals surface area (Å²) in [6.45, 7) is 4.42. The molecule has 1 aromatic carbocycles. The highest BCUT2D eigenvalue weighted by atomic mass is 35.5. The van der Waals surface area contributed by atoms with Crippen LogP contribution in [0.5, 0.6) is 0 Å². The highest BCUT2D eigenvalue weighted by Gasteiger charge is 2.21. The number of fused-ring (bicyclic) bond motifs is 1. The number of amides is 1. The number of hydrogen-bond acceptors (Lipinski definition) is 3. The molecule has 0 saturated heterocycles. The maximum atomic E-state index is 12.3. The zero-order chi connectivity index (χ0) is 16.9. The number of carbonyl (C=O) groups excluding carboxylic acids is 1. The minimum absolute atomic E-state index is 0. The number of H-pyrrole nitrogens is 1. The zero-order valence-corrected chi connectivity index (χ0v) is 15.5. The number of rotatable bonds is 7. The number of benzene rings is 1. The second-order valence-electron chi connectivity index (χ2n) is 6.48. The average molecular weight is 367 g/mol. The third kappa shape index (κ3) is 4.44. The van der Waals surface area contributed by atoms with Crippen LogP contribution in [0.3, 0.4) is 0 Å². The molecule has 6 nitrogen and oxygen atoms in total. The molecule has 138 valence electrons. The standard InChI is InChI=1S/C18H26N4O2.ClH/c1-2-9-19-10-11-20-17(23)13-7-8-16-15(12-13)21-18(24)22(16)14-5-3-4-6-14;/h7-8,12,14,19H,2-6,9-11H2,1H3,(H,20,23)(H,21,24);1H. The van der Waals surface area contributed by atoms with Gasteiger partial charge in [-0.1, -0.05) is 19.8 Å². The lowest BCUT2D eigenvalue weighted by atomic mass is 10.1. The van der Waals surface area contributed by atoms with Gasteiger partial charge in [0.1, 0.15) is 0 Å². The lowest BCUT2D eigenvalue weighted by molar-refractivity contribution is 0.0954. The zero-order valence-electron chi connectivity index (χ0n) is 14.6. The van der Waals surface area contributed by atoms with Crippen LogP contribution in [0.2, 0.25) is 0 Å². The van der Waals surface area contributed by atoms with Gasteiger partial charge in [-0.05, 0) is 44.0 Å². The Hall–Kier alpha value is -1.79. The van der Waals surface area contributed by atoms with Gasteiger partial charge in [-0.25, -0.2) is 4.79 Å². The van der Waals surface area contributed by atoms with Crippen molar-refractivity contribution < 1.29 is 4.79 Å². The highest BCUT2D eigenvalue weighted by molar-refractivity contribution is 5.97. The van der Waals surface area contributed by atoms with Crippen molar-refractivity contribution in [3.63, 3.8) is 0 Å². The number of carbonyl (C=O) groups is 1. The third-order valence-electron chi connectivity index (χ3n) is 4.68. The van der Waals surface area contributed by atoms with Crippen LogP contribution in [-0.4, -0.2) is 35.1 Å². The third-order valence-corrected chi connectivity index (χ3v) is 4.68. The molecule has 0 atom stereocenters. The molecule has 3 N–H and O–H groups in total. The lowest BCUT2D eigenvalue weighted by Crippen LogP contribution is -2.32. The van der Waals surface area contributed by atoms with Gasteiger partial charge in [0.05, 0.1) is 11.0 Å². The average Bonchev–Trinajstić information content (AvgIpc) is 3.20. The Labute approximate surface area is 153 Å². The van der Waals surface area contributed by atoms with Gasteiger partial charge in [-0.3, -0.25) is 9.36 Å². The second kappa shape index (κ2) is 9.06. The summed E-state index contributed by atoms with van der Waals surface area (Å²) in [4.78, 5) is 27.4. The van der Waals surface area contributed by atoms with E-state index in [-0.39, 0.29) is 30.0 Å². The Bertz CT molecular complexity index is 762. The van der Waals surface area contributed by atoms with Crippen LogP contribution < -0.4 is 16.3 Å². The first-order valence-corrected chi connectivity index (χ1v) is 8.94. The summed E-state index contributed by atoms with van der Waals surface area (Å²) in [7, 11) is 0. The molecule has 0 aliphatic heterocycles. The topological polar surface area (TPSA) is 78.9 Å². The van der Waals surface area contributed by atoms with E-state index >= 15 is 0 Å². The molecular formula is C18H27ClN4O2. The van der Waals surface area contributed by atoms with Crippen molar-refractivity contribution in [2.24, 2.45) is 0 Å². The molecule has 1 fully saturated rings. The summed E-state index contributed by atoms with van der Waals surface area (Å²) < 4.78 is 1.86. The monoisotopic (exact) mass is 366 g/mol. The SMILES string of the molecule is CCCNCCNC(=O)c1ccc2c(c1)[nH]c(=O)n2C1CCCC1.Cl. The number of aromatic amines is 1. The minimum Gasteiger partial charge on any atom is -0.351 e. The van der Waals surface area contributed by atoms with Gasteiger partial charge in [0.2, 0.25) is 0 Å². The largest absolute Gasteiger partial charge is 0.351 e. The molecule has 0 unspecified atom stereocenters. The van der Waals surface area contributed by atoms with E-state index in [9.17, 15) is 9.59 Å². The Morgan fingerprint density at radius 1 is 1.24 bits per heavy atom. The molecule has 1 heterocycles. The summed E-state index contributed by atoms with van der Waals surface area (Å²) in [5.74, 6) is -0.107. The Morgan fingerprint density at radius 2 is 2.00 bits per heavy atom. The molecule has 0 spiro atoms. The summed E-state index contributed by atoms with van der Waals surface area (Å²) in [5, 5.41) is 6.15. The molecule has 3 rings (SSSR count). The van der Waals surface area contributed by atoms with Crippen molar-refractivity contribution >= 4 is 29.3 Å². The maximum absolute atomic E-state index is 12.3. The van der Waals surface area contributed by atoms with Gasteiger partial charge in [0.15, 0.2) is 0 Å². The van der Waals surface area contributed by atoms with Crippen LogP contribution >= 0.6 is 12.4 Å². The fraction of sp³-hybridized carbons (Fsp3) is 0.556. The van der Waals surface area contributed by atoms with Crippen LogP contribution in [0.1, 0.15) is 55.4 Å². The number of halogens is 1. The van der Waals surface area contributed by atoms with Crippen molar-refractivity contribution in [1.82, 2.24) is 20.2 Å². The van der Waals surface area contributed by atoms with E-state index in [0.717, 1.165) is 43.4 Å². The van der Waals surface area contributed by atoms with E-state index in [2.05, 4.69) is 22.5 Å². The van der Waals surface area contributed by atoms with Crippen molar-refractivity contribution in [1.29, 1.82) is 0 Å². The minimum atomic E-state index is -0.107. The lowest BCUT2D eigenvalue weighted by Gasteiger charge is -2.11. The van der Waals surface area contributed by atoms with E-state index in [0.29, 0.717) is 12.1 Å². The molecule has 1 amide bonds. The maximum Gasteiger partial charge on any atom is 0.326 e. The molecular weight excluding hydrogens is 340 g/mol. The Kier molecular flexibility index (Phi) is 7.08. The quantitative estimate of drug-likeness (QED) is 0.659. The predicted octanol–water partition coefficient (Wildman–Crippen LogP) is 2.60. The predicted molar refractivity (Wildman–Crippen MR) is 103 cm³/mol. The van der Waals surface area contributed by atoms with Crippen LogP contribution in [0.4, 0.5) is 0 Å². The molecule has 25 heavy (non-hydrogen) atoms. The molecule has 7 heteroatoms. The highest BCUT2D eigenvalue weighted by Crippen LogP contribution is 2.30. The molecule has 0 bridgehead atoms. The van der Waals surface area contributed by atoms with Gasteiger partial charge >= 0.3 is 5.69 Å². The number of imidazole rings is 1. The van der Waals surface area contributed by atoms with Crippen molar-refractivity contribution in [3.05, 3.63) is 34.2 Å². The van der Waals surface area contributed by atoms with Crippen molar-refractivity contribution in [3.8, 4) is 0 Å². The van der Waals surface area contributed by atoms with Crippen molar-refractivity contribution in [2.75, 3.05) is 19.6 Å². The van der Waals surface area contributed by atoms with Crippen molar-refractivity contribution in [2.45, 2.75) is 45.1 Å². The molecule has 0 radical (unpaired) electrons. The fourth-order valence-corrected chi connectivity index (χ4v) is 3.47. The van der Waals surface area contributed by atoms with Gasteiger partial charge in [-0.15, -0.1) is 12.4 Å². The Morgan fingerprint density at radius 3 is 2.72 bits per heavy atom. The van der Waals surface area contributed by atoms with Crippen LogP contribution in [0, 0.1) is 0 Å². The number of nitrogens with zero attached hydrogens (tertiary/aromatic N) is 1. The number of nitrogens with one attached hydrogen (secondary N) is 3. The van der Waals surface area contributed by atoms with Crippen LogP contribution in [-0.2, 0) is 0 Å². The molecule has 2 aromatic rings. The van der Waals surface area contributed by atoms with Crippen LogP contribution in [0.25, 0.3) is 11.0 Å². The molecule has 1 aliphatic carbocycles. The van der Waals surface area contributed by atoms with Gasteiger partial charge in [0, 0.05) is 24.7 Å². The number of hydrogen-bond donors (Lipinski definition) is 3. The summed E-state index contributed by atoms with van der Waals surface area (Å²) in [5.41, 5.74) is 2.15. The van der Waals surface area contributed by atoms with E-state index in [1.165, 1.54) is 12.8 Å². The number of aromatic nitrogens is 2. The van der Waals surface area contributed by atoms with E-state index < -0.39 is 0 Å². The summed E-state index contributed by atoms with van der Waals surface area (Å²) >= 11 is 0. The molecule has 1 aromatic heterocycles. The summed E-state index contributed by atoms with van der Waals surface area (Å²) in [6, 6.07) is 5.75. The normalized spacial score (nSPS) is 14.6.